The predicted octanol–water partition coefficient (Wildman–Crippen LogP) is -0.877. The first kappa shape index (κ1) is 23.6. The lowest BCUT2D eigenvalue weighted by molar-refractivity contribution is -0.161. The first-order valence-corrected chi connectivity index (χ1v) is 12.4. The molecule has 0 radical (unpaired) electrons. The summed E-state index contributed by atoms with van der Waals surface area (Å²) in [4.78, 5) is 58.6. The number of aliphatic carboxylic acids is 1. The van der Waals surface area contributed by atoms with Crippen LogP contribution in [-0.4, -0.2) is 112 Å². The lowest BCUT2D eigenvalue weighted by Crippen LogP contribution is -2.74. The van der Waals surface area contributed by atoms with Gasteiger partial charge in [-0.25, -0.2) is 9.78 Å². The monoisotopic (exact) mass is 498 g/mol. The van der Waals surface area contributed by atoms with Crippen LogP contribution in [-0.2, 0) is 25.5 Å². The highest BCUT2D eigenvalue weighted by Gasteiger charge is 2.58. The van der Waals surface area contributed by atoms with E-state index >= 15 is 0 Å². The molecule has 14 heteroatoms. The molecule has 0 aromatic carbocycles. The van der Waals surface area contributed by atoms with Gasteiger partial charge in [-0.1, -0.05) is 0 Å². The normalized spacial score (nSPS) is 27.5. The van der Waals surface area contributed by atoms with Gasteiger partial charge < -0.3 is 35.6 Å². The lowest BCUT2D eigenvalue weighted by atomic mass is 9.88. The zero-order chi connectivity index (χ0) is 23.8. The van der Waals surface area contributed by atoms with E-state index in [1.807, 2.05) is 7.05 Å². The van der Waals surface area contributed by atoms with Crippen molar-refractivity contribution in [1.29, 1.82) is 0 Å². The summed E-state index contributed by atoms with van der Waals surface area (Å²) in [6, 6.07) is -0.724. The van der Waals surface area contributed by atoms with E-state index in [1.165, 1.54) is 28.0 Å². The molecule has 4 N–H and O–H groups in total. The van der Waals surface area contributed by atoms with Gasteiger partial charge in [-0.2, -0.15) is 0 Å². The van der Waals surface area contributed by atoms with Crippen LogP contribution in [0.1, 0.15) is 5.69 Å². The Labute approximate surface area is 198 Å². The molecule has 3 aliphatic heterocycles. The second kappa shape index (κ2) is 9.35. The van der Waals surface area contributed by atoms with E-state index in [0.717, 1.165) is 13.1 Å². The molecule has 3 amide bonds. The standard InChI is InChI=1S/C19H26N6O6S2/c1-23-2-4-24(5-3-23)18(30)31-9-19(16(28)29)8-25-14(27)13(15(25)33-10-19)22-12(26)6-11-7-32-17(20)21-11/h7,13,15H,2-6,8-10H2,1H3,(H2,20,21)(H,22,26)(H,28,29)/t13?,15-,19?/m1/s1. The van der Waals surface area contributed by atoms with Crippen LogP contribution in [0.4, 0.5) is 9.93 Å². The van der Waals surface area contributed by atoms with Crippen molar-refractivity contribution in [2.75, 3.05) is 57.9 Å². The van der Waals surface area contributed by atoms with Crippen LogP contribution in [0.25, 0.3) is 0 Å². The molecule has 4 heterocycles. The number of hydrogen-bond donors (Lipinski definition) is 3. The quantitative estimate of drug-likeness (QED) is 0.421. The molecule has 0 spiro atoms. The van der Waals surface area contributed by atoms with Gasteiger partial charge in [0.05, 0.1) is 12.1 Å². The number of nitrogens with zero attached hydrogens (tertiary/aromatic N) is 4. The Hall–Kier alpha value is -2.58. The molecule has 0 bridgehead atoms. The van der Waals surface area contributed by atoms with Crippen molar-refractivity contribution in [1.82, 2.24) is 25.0 Å². The molecule has 180 valence electrons. The number of carbonyl (C=O) groups is 4. The van der Waals surface area contributed by atoms with Gasteiger partial charge in [-0.05, 0) is 7.05 Å². The van der Waals surface area contributed by atoms with Crippen molar-refractivity contribution >= 4 is 52.1 Å². The van der Waals surface area contributed by atoms with Gasteiger partial charge in [0, 0.05) is 43.9 Å². The molecule has 0 saturated carbocycles. The van der Waals surface area contributed by atoms with E-state index in [0.29, 0.717) is 23.9 Å². The summed E-state index contributed by atoms with van der Waals surface area (Å²) in [6.45, 7) is 2.09. The summed E-state index contributed by atoms with van der Waals surface area (Å²) in [5, 5.41) is 14.3. The Kier molecular flexibility index (Phi) is 6.68. The van der Waals surface area contributed by atoms with Crippen molar-refractivity contribution in [3.8, 4) is 0 Å². The maximum Gasteiger partial charge on any atom is 0.409 e. The largest absolute Gasteiger partial charge is 0.481 e. The van der Waals surface area contributed by atoms with Gasteiger partial charge in [0.2, 0.25) is 11.8 Å². The Morgan fingerprint density at radius 2 is 2.06 bits per heavy atom. The number of piperazine rings is 1. The number of aromatic nitrogens is 1. The minimum absolute atomic E-state index is 0.0101. The predicted molar refractivity (Wildman–Crippen MR) is 121 cm³/mol. The summed E-state index contributed by atoms with van der Waals surface area (Å²) in [5.41, 5.74) is 4.70. The van der Waals surface area contributed by atoms with E-state index in [9.17, 15) is 24.3 Å². The number of thioether (sulfide) groups is 1. The number of nitrogen functional groups attached to an aromatic ring is 1. The van der Waals surface area contributed by atoms with Crippen LogP contribution in [0.15, 0.2) is 5.38 Å². The summed E-state index contributed by atoms with van der Waals surface area (Å²) in [7, 11) is 1.96. The highest BCUT2D eigenvalue weighted by Crippen LogP contribution is 2.42. The van der Waals surface area contributed by atoms with E-state index in [2.05, 4.69) is 15.2 Å². The molecule has 1 aromatic rings. The lowest BCUT2D eigenvalue weighted by Gasteiger charge is -2.53. The fourth-order valence-electron chi connectivity index (χ4n) is 3.98. The molecule has 2 unspecified atom stereocenters. The topological polar surface area (TPSA) is 158 Å². The summed E-state index contributed by atoms with van der Waals surface area (Å²) >= 11 is 2.50. The molecule has 1 aromatic heterocycles. The molecule has 3 saturated heterocycles. The Morgan fingerprint density at radius 3 is 2.70 bits per heavy atom. The Bertz CT molecular complexity index is 951. The molecular formula is C19H26N6O6S2. The van der Waals surface area contributed by atoms with Gasteiger partial charge >= 0.3 is 12.1 Å². The number of nitrogens with two attached hydrogens (primary N) is 1. The smallest absolute Gasteiger partial charge is 0.409 e. The SMILES string of the molecule is CN1CCN(C(=O)OCC2(C(=O)O)CS[C@@H]3C(NC(=O)Cc4csc(N)n4)C(=O)N3C2)CC1. The summed E-state index contributed by atoms with van der Waals surface area (Å²) in [6.07, 6.45) is -0.533. The number of carboxylic acid groups (broad SMARTS) is 1. The number of hydrogen-bond acceptors (Lipinski definition) is 10. The molecule has 4 rings (SSSR count). The second-order valence-electron chi connectivity index (χ2n) is 8.50. The van der Waals surface area contributed by atoms with Crippen molar-refractivity contribution in [2.45, 2.75) is 17.8 Å². The van der Waals surface area contributed by atoms with E-state index in [1.54, 1.807) is 10.3 Å². The van der Waals surface area contributed by atoms with Crippen molar-refractivity contribution in [2.24, 2.45) is 5.41 Å². The van der Waals surface area contributed by atoms with Gasteiger partial charge in [-0.15, -0.1) is 23.1 Å². The minimum atomic E-state index is -1.40. The van der Waals surface area contributed by atoms with Gasteiger partial charge in [-0.3, -0.25) is 14.4 Å². The van der Waals surface area contributed by atoms with Gasteiger partial charge in [0.1, 0.15) is 23.4 Å². The highest BCUT2D eigenvalue weighted by molar-refractivity contribution is 8.00. The third-order valence-corrected chi connectivity index (χ3v) is 8.37. The van der Waals surface area contributed by atoms with E-state index < -0.39 is 23.5 Å². The van der Waals surface area contributed by atoms with Crippen molar-refractivity contribution in [3.05, 3.63) is 11.1 Å². The number of likely N-dealkylation sites (N-methyl/N-ethyl adjacent to an activating group) is 1. The molecule has 3 fully saturated rings. The zero-order valence-corrected chi connectivity index (χ0v) is 19.7. The number of fused-ring (bicyclic) bond motifs is 1. The number of β-lactam (4-membered cyclic amide) rings is 1. The Morgan fingerprint density at radius 1 is 1.33 bits per heavy atom. The molecular weight excluding hydrogens is 472 g/mol. The van der Waals surface area contributed by atoms with Crippen LogP contribution in [0.2, 0.25) is 0 Å². The van der Waals surface area contributed by atoms with Crippen LogP contribution < -0.4 is 11.1 Å². The molecule has 12 nitrogen and oxygen atoms in total. The fourth-order valence-corrected chi connectivity index (χ4v) is 6.06. The van der Waals surface area contributed by atoms with Crippen molar-refractivity contribution < 1.29 is 29.0 Å². The molecule has 0 aliphatic carbocycles. The number of nitrogens with one attached hydrogen (secondary N) is 1. The van der Waals surface area contributed by atoms with Crippen LogP contribution >= 0.6 is 23.1 Å². The van der Waals surface area contributed by atoms with Gasteiger partial charge in [0.15, 0.2) is 5.13 Å². The fraction of sp³-hybridized carbons (Fsp3) is 0.632. The summed E-state index contributed by atoms with van der Waals surface area (Å²) in [5.74, 6) is -1.67. The summed E-state index contributed by atoms with van der Waals surface area (Å²) < 4.78 is 5.37. The van der Waals surface area contributed by atoms with Crippen LogP contribution in [0, 0.1) is 5.41 Å². The number of carbonyl (C=O) groups excluding carboxylic acids is 3. The van der Waals surface area contributed by atoms with Crippen LogP contribution in [0.3, 0.4) is 0 Å². The number of ether oxygens (including phenoxy) is 1. The minimum Gasteiger partial charge on any atom is -0.481 e. The molecule has 3 aliphatic rings. The number of anilines is 1. The van der Waals surface area contributed by atoms with Crippen LogP contribution in [0.5, 0.6) is 0 Å². The maximum atomic E-state index is 12.7. The molecule has 33 heavy (non-hydrogen) atoms. The average molecular weight is 499 g/mol. The number of amides is 3. The Balaban J connectivity index is 1.32. The molecule has 3 atom stereocenters. The second-order valence-corrected chi connectivity index (χ2v) is 10.5. The third kappa shape index (κ3) is 4.87. The van der Waals surface area contributed by atoms with E-state index in [4.69, 9.17) is 10.5 Å². The van der Waals surface area contributed by atoms with Crippen molar-refractivity contribution in [3.63, 3.8) is 0 Å². The number of carboxylic acids is 1. The average Bonchev–Trinajstić information content (AvgIpc) is 3.20. The maximum absolute atomic E-state index is 12.7. The zero-order valence-electron chi connectivity index (χ0n) is 18.1. The number of thiazole rings is 1. The first-order valence-electron chi connectivity index (χ1n) is 10.4. The first-order chi connectivity index (χ1) is 15.7. The number of rotatable bonds is 6. The third-order valence-electron chi connectivity index (χ3n) is 6.06. The van der Waals surface area contributed by atoms with E-state index in [-0.39, 0.29) is 42.5 Å². The van der Waals surface area contributed by atoms with Gasteiger partial charge in [0.25, 0.3) is 0 Å². The highest BCUT2D eigenvalue weighted by atomic mass is 32.2.